The van der Waals surface area contributed by atoms with Crippen molar-refractivity contribution in [3.05, 3.63) is 34.4 Å². The second-order valence-corrected chi connectivity index (χ2v) is 5.31. The number of para-hydroxylation sites is 1. The number of rotatable bonds is 5. The van der Waals surface area contributed by atoms with Crippen molar-refractivity contribution in [2.45, 2.75) is 25.8 Å². The number of carboxylic acid groups (broad SMARTS) is 1. The molecule has 1 heterocycles. The molecule has 0 spiro atoms. The molecule has 20 heavy (non-hydrogen) atoms. The Kier molecular flexibility index (Phi) is 4.44. The molecule has 1 amide bonds. The van der Waals surface area contributed by atoms with Gasteiger partial charge in [0.25, 0.3) is 5.91 Å². The molecular weight excluding hydrogens is 324 g/mol. The molecule has 0 bridgehead atoms. The summed E-state index contributed by atoms with van der Waals surface area (Å²) in [5.74, 6) is -1.44. The van der Waals surface area contributed by atoms with Crippen molar-refractivity contribution in [1.82, 2.24) is 10.3 Å². The van der Waals surface area contributed by atoms with E-state index in [1.807, 2.05) is 31.2 Å². The van der Waals surface area contributed by atoms with Crippen LogP contribution < -0.4 is 5.32 Å². The molecule has 0 aliphatic rings. The Hall–Kier alpha value is -1.82. The van der Waals surface area contributed by atoms with E-state index >= 15 is 0 Å². The Balaban J connectivity index is 2.27. The van der Waals surface area contributed by atoms with Crippen LogP contribution >= 0.6 is 15.9 Å². The monoisotopic (exact) mass is 338 g/mol. The molecule has 0 aliphatic heterocycles. The molecule has 0 saturated carbocycles. The standard InChI is InChI=1S/C14H15BrN2O3/c1-2-5-10(14(19)20)17-13(18)12-11(15)8-6-3-4-7-9(8)16-12/h3-4,6-7,10,16H,2,5H2,1H3,(H,17,18)(H,19,20). The molecule has 6 heteroatoms. The second-order valence-electron chi connectivity index (χ2n) is 4.51. The van der Waals surface area contributed by atoms with Crippen molar-refractivity contribution < 1.29 is 14.7 Å². The molecule has 1 atom stereocenters. The van der Waals surface area contributed by atoms with E-state index in [0.29, 0.717) is 23.0 Å². The van der Waals surface area contributed by atoms with E-state index in [9.17, 15) is 9.59 Å². The normalized spacial score (nSPS) is 12.3. The SMILES string of the molecule is CCCC(NC(=O)c1[nH]c2ccccc2c1Br)C(=O)O. The van der Waals surface area contributed by atoms with Gasteiger partial charge < -0.3 is 15.4 Å². The minimum Gasteiger partial charge on any atom is -0.480 e. The van der Waals surface area contributed by atoms with Gasteiger partial charge >= 0.3 is 5.97 Å². The lowest BCUT2D eigenvalue weighted by Gasteiger charge is -2.12. The van der Waals surface area contributed by atoms with E-state index in [-0.39, 0.29) is 0 Å². The van der Waals surface area contributed by atoms with Crippen LogP contribution in [0.5, 0.6) is 0 Å². The van der Waals surface area contributed by atoms with E-state index in [2.05, 4.69) is 26.2 Å². The third kappa shape index (κ3) is 2.85. The fourth-order valence-electron chi connectivity index (χ4n) is 2.04. The van der Waals surface area contributed by atoms with Gasteiger partial charge in [0.1, 0.15) is 11.7 Å². The third-order valence-corrected chi connectivity index (χ3v) is 3.87. The van der Waals surface area contributed by atoms with Crippen molar-refractivity contribution in [1.29, 1.82) is 0 Å². The molecule has 2 rings (SSSR count). The first-order valence-corrected chi connectivity index (χ1v) is 7.13. The average Bonchev–Trinajstić information content (AvgIpc) is 2.76. The fraction of sp³-hybridized carbons (Fsp3) is 0.286. The first-order chi connectivity index (χ1) is 9.54. The summed E-state index contributed by atoms with van der Waals surface area (Å²) >= 11 is 3.38. The summed E-state index contributed by atoms with van der Waals surface area (Å²) in [4.78, 5) is 26.3. The van der Waals surface area contributed by atoms with Crippen LogP contribution in [0.4, 0.5) is 0 Å². The predicted molar refractivity (Wildman–Crippen MR) is 79.8 cm³/mol. The molecule has 106 valence electrons. The number of amides is 1. The summed E-state index contributed by atoms with van der Waals surface area (Å²) in [7, 11) is 0. The second kappa shape index (κ2) is 6.09. The predicted octanol–water partition coefficient (Wildman–Crippen LogP) is 2.91. The van der Waals surface area contributed by atoms with Crippen LogP contribution in [0.2, 0.25) is 0 Å². The highest BCUT2D eigenvalue weighted by Crippen LogP contribution is 2.27. The van der Waals surface area contributed by atoms with E-state index in [4.69, 9.17) is 5.11 Å². The maximum absolute atomic E-state index is 12.2. The zero-order chi connectivity index (χ0) is 14.7. The van der Waals surface area contributed by atoms with Crippen LogP contribution in [0.1, 0.15) is 30.3 Å². The Bertz CT molecular complexity index is 651. The Morgan fingerprint density at radius 3 is 2.70 bits per heavy atom. The van der Waals surface area contributed by atoms with Crippen molar-refractivity contribution in [2.75, 3.05) is 0 Å². The Morgan fingerprint density at radius 2 is 2.10 bits per heavy atom. The topological polar surface area (TPSA) is 82.2 Å². The minimum absolute atomic E-state index is 0.341. The number of nitrogens with one attached hydrogen (secondary N) is 2. The van der Waals surface area contributed by atoms with Crippen LogP contribution in [0.15, 0.2) is 28.7 Å². The minimum atomic E-state index is -1.02. The molecule has 1 aromatic heterocycles. The Labute approximate surface area is 124 Å². The number of aliphatic carboxylic acids is 1. The van der Waals surface area contributed by atoms with Gasteiger partial charge in [0.15, 0.2) is 0 Å². The van der Waals surface area contributed by atoms with E-state index in [0.717, 1.165) is 10.9 Å². The Morgan fingerprint density at radius 1 is 1.40 bits per heavy atom. The number of H-pyrrole nitrogens is 1. The summed E-state index contributed by atoms with van der Waals surface area (Å²) < 4.78 is 0.645. The highest BCUT2D eigenvalue weighted by molar-refractivity contribution is 9.10. The lowest BCUT2D eigenvalue weighted by molar-refractivity contribution is -0.139. The summed E-state index contributed by atoms with van der Waals surface area (Å²) in [6.07, 6.45) is 1.09. The van der Waals surface area contributed by atoms with Crippen molar-refractivity contribution in [2.24, 2.45) is 0 Å². The van der Waals surface area contributed by atoms with Crippen LogP contribution in [-0.2, 0) is 4.79 Å². The van der Waals surface area contributed by atoms with Gasteiger partial charge in [-0.2, -0.15) is 0 Å². The molecule has 0 radical (unpaired) electrons. The van der Waals surface area contributed by atoms with Gasteiger partial charge in [-0.25, -0.2) is 4.79 Å². The molecular formula is C14H15BrN2O3. The number of carbonyl (C=O) groups is 2. The lowest BCUT2D eigenvalue weighted by atomic mass is 10.1. The number of carboxylic acids is 1. The van der Waals surface area contributed by atoms with E-state index < -0.39 is 17.9 Å². The summed E-state index contributed by atoms with van der Waals surface area (Å²) in [6, 6.07) is 6.61. The zero-order valence-corrected chi connectivity index (χ0v) is 12.5. The largest absolute Gasteiger partial charge is 0.480 e. The van der Waals surface area contributed by atoms with Crippen LogP contribution in [0, 0.1) is 0 Å². The number of fused-ring (bicyclic) bond motifs is 1. The quantitative estimate of drug-likeness (QED) is 0.783. The van der Waals surface area contributed by atoms with Gasteiger partial charge in [0, 0.05) is 10.9 Å². The van der Waals surface area contributed by atoms with Gasteiger partial charge in [-0.15, -0.1) is 0 Å². The highest BCUT2D eigenvalue weighted by Gasteiger charge is 2.22. The zero-order valence-electron chi connectivity index (χ0n) is 10.9. The number of carbonyl (C=O) groups excluding carboxylic acids is 1. The maximum atomic E-state index is 12.2. The molecule has 2 aromatic rings. The molecule has 0 saturated heterocycles. The molecule has 0 aliphatic carbocycles. The maximum Gasteiger partial charge on any atom is 0.326 e. The summed E-state index contributed by atoms with van der Waals surface area (Å²) in [6.45, 7) is 1.88. The number of benzene rings is 1. The number of aromatic amines is 1. The first kappa shape index (κ1) is 14.6. The van der Waals surface area contributed by atoms with E-state index in [1.165, 1.54) is 0 Å². The molecule has 5 nitrogen and oxygen atoms in total. The lowest BCUT2D eigenvalue weighted by Crippen LogP contribution is -2.40. The van der Waals surface area contributed by atoms with Crippen LogP contribution in [0.3, 0.4) is 0 Å². The van der Waals surface area contributed by atoms with Crippen molar-refractivity contribution in [3.8, 4) is 0 Å². The first-order valence-electron chi connectivity index (χ1n) is 6.34. The average molecular weight is 339 g/mol. The van der Waals surface area contributed by atoms with Gasteiger partial charge in [-0.3, -0.25) is 4.79 Å². The van der Waals surface area contributed by atoms with Crippen molar-refractivity contribution >= 4 is 38.7 Å². The van der Waals surface area contributed by atoms with Crippen molar-refractivity contribution in [3.63, 3.8) is 0 Å². The molecule has 1 aromatic carbocycles. The van der Waals surface area contributed by atoms with Gasteiger partial charge in [0.05, 0.1) is 4.47 Å². The number of aromatic nitrogens is 1. The number of hydrogen-bond donors (Lipinski definition) is 3. The summed E-state index contributed by atoms with van der Waals surface area (Å²) in [5.41, 5.74) is 1.17. The summed E-state index contributed by atoms with van der Waals surface area (Å²) in [5, 5.41) is 12.5. The molecule has 3 N–H and O–H groups in total. The third-order valence-electron chi connectivity index (χ3n) is 3.05. The highest BCUT2D eigenvalue weighted by atomic mass is 79.9. The molecule has 0 fully saturated rings. The van der Waals surface area contributed by atoms with Crippen LogP contribution in [0.25, 0.3) is 10.9 Å². The van der Waals surface area contributed by atoms with Gasteiger partial charge in [0.2, 0.25) is 0 Å². The number of hydrogen-bond acceptors (Lipinski definition) is 2. The smallest absolute Gasteiger partial charge is 0.326 e. The van der Waals surface area contributed by atoms with Gasteiger partial charge in [-0.1, -0.05) is 31.5 Å². The number of halogens is 1. The van der Waals surface area contributed by atoms with Gasteiger partial charge in [-0.05, 0) is 28.4 Å². The van der Waals surface area contributed by atoms with Crippen LogP contribution in [-0.4, -0.2) is 28.0 Å². The molecule has 1 unspecified atom stereocenters. The van der Waals surface area contributed by atoms with E-state index in [1.54, 1.807) is 0 Å². The fourth-order valence-corrected chi connectivity index (χ4v) is 2.67.